The molecule has 4 rings (SSSR count). The van der Waals surface area contributed by atoms with Crippen LogP contribution in [0.3, 0.4) is 0 Å². The van der Waals surface area contributed by atoms with Crippen molar-refractivity contribution >= 4 is 11.7 Å². The lowest BCUT2D eigenvalue weighted by atomic mass is 9.76. The lowest BCUT2D eigenvalue weighted by Gasteiger charge is -2.36. The van der Waals surface area contributed by atoms with Gasteiger partial charge in [0.15, 0.2) is 5.60 Å². The number of hydrogen-bond donors (Lipinski definition) is 1. The third-order valence-electron chi connectivity index (χ3n) is 4.99. The molecule has 3 nitrogen and oxygen atoms in total. The van der Waals surface area contributed by atoms with E-state index in [1.807, 2.05) is 42.5 Å². The monoisotopic (exact) mass is 356 g/mol. The van der Waals surface area contributed by atoms with Gasteiger partial charge in [0.1, 0.15) is 6.04 Å². The van der Waals surface area contributed by atoms with Crippen LogP contribution in [0.15, 0.2) is 96.0 Å². The van der Waals surface area contributed by atoms with E-state index in [0.717, 1.165) is 16.8 Å². The molecule has 0 aliphatic carbocycles. The first kappa shape index (κ1) is 17.3. The highest BCUT2D eigenvalue weighted by atomic mass is 16.5. The van der Waals surface area contributed by atoms with E-state index in [1.54, 1.807) is 0 Å². The van der Waals surface area contributed by atoms with E-state index in [1.165, 1.54) is 0 Å². The number of hydrogen-bond acceptors (Lipinski definition) is 3. The SMILES string of the molecule is CC(C)[C@@H]1N=C(Nc2ccccc2)OC1(c1ccccc1)c1ccccc1. The quantitative estimate of drug-likeness (QED) is 0.674. The first-order valence-corrected chi connectivity index (χ1v) is 9.40. The Hall–Kier alpha value is -3.07. The molecule has 3 heteroatoms. The van der Waals surface area contributed by atoms with Crippen LogP contribution in [0.5, 0.6) is 0 Å². The molecule has 0 unspecified atom stereocenters. The van der Waals surface area contributed by atoms with E-state index in [-0.39, 0.29) is 6.04 Å². The summed E-state index contributed by atoms with van der Waals surface area (Å²) in [6.07, 6.45) is 0. The fourth-order valence-corrected chi connectivity index (χ4v) is 3.78. The Kier molecular flexibility index (Phi) is 4.68. The van der Waals surface area contributed by atoms with Gasteiger partial charge in [-0.05, 0) is 18.1 Å². The van der Waals surface area contributed by atoms with Crippen LogP contribution in [0.4, 0.5) is 5.69 Å². The van der Waals surface area contributed by atoms with Gasteiger partial charge >= 0.3 is 0 Å². The van der Waals surface area contributed by atoms with Gasteiger partial charge < -0.3 is 10.1 Å². The number of aliphatic imine (C=N–C) groups is 1. The molecule has 0 aromatic heterocycles. The second-order valence-corrected chi connectivity index (χ2v) is 7.18. The molecular weight excluding hydrogens is 332 g/mol. The number of nitrogens with one attached hydrogen (secondary N) is 1. The van der Waals surface area contributed by atoms with E-state index in [0.29, 0.717) is 11.9 Å². The Bertz CT molecular complexity index is 865. The molecule has 1 heterocycles. The van der Waals surface area contributed by atoms with E-state index in [9.17, 15) is 0 Å². The molecule has 27 heavy (non-hydrogen) atoms. The van der Waals surface area contributed by atoms with Crippen LogP contribution >= 0.6 is 0 Å². The first-order chi connectivity index (χ1) is 13.2. The van der Waals surface area contributed by atoms with Gasteiger partial charge in [-0.15, -0.1) is 0 Å². The summed E-state index contributed by atoms with van der Waals surface area (Å²) in [6, 6.07) is 31.4. The maximum atomic E-state index is 6.64. The van der Waals surface area contributed by atoms with Gasteiger partial charge in [-0.1, -0.05) is 92.7 Å². The maximum Gasteiger partial charge on any atom is 0.290 e. The molecule has 0 saturated heterocycles. The number of rotatable bonds is 4. The van der Waals surface area contributed by atoms with Crippen LogP contribution in [0.25, 0.3) is 0 Å². The van der Waals surface area contributed by atoms with Crippen molar-refractivity contribution in [2.24, 2.45) is 10.9 Å². The highest BCUT2D eigenvalue weighted by molar-refractivity contribution is 5.91. The molecule has 0 fully saturated rings. The van der Waals surface area contributed by atoms with Crippen molar-refractivity contribution in [2.75, 3.05) is 5.32 Å². The summed E-state index contributed by atoms with van der Waals surface area (Å²) in [4.78, 5) is 4.97. The van der Waals surface area contributed by atoms with Crippen LogP contribution in [-0.4, -0.2) is 12.1 Å². The fourth-order valence-electron chi connectivity index (χ4n) is 3.78. The Morgan fingerprint density at radius 1 is 0.778 bits per heavy atom. The summed E-state index contributed by atoms with van der Waals surface area (Å²) in [6.45, 7) is 4.40. The zero-order valence-corrected chi connectivity index (χ0v) is 15.7. The number of amidine groups is 1. The van der Waals surface area contributed by atoms with E-state index < -0.39 is 5.60 Å². The third kappa shape index (κ3) is 3.21. The third-order valence-corrected chi connectivity index (χ3v) is 4.99. The van der Waals surface area contributed by atoms with Gasteiger partial charge in [0.25, 0.3) is 6.02 Å². The molecule has 136 valence electrons. The normalized spacial score (nSPS) is 18.0. The molecule has 0 bridgehead atoms. The summed E-state index contributed by atoms with van der Waals surface area (Å²) in [5.41, 5.74) is 2.55. The first-order valence-electron chi connectivity index (χ1n) is 9.40. The van der Waals surface area contributed by atoms with Gasteiger partial charge in [0.05, 0.1) is 0 Å². The molecule has 0 spiro atoms. The molecule has 3 aromatic carbocycles. The smallest absolute Gasteiger partial charge is 0.290 e. The Morgan fingerprint density at radius 2 is 1.26 bits per heavy atom. The van der Waals surface area contributed by atoms with Gasteiger partial charge in [-0.25, -0.2) is 4.99 Å². The highest BCUT2D eigenvalue weighted by Crippen LogP contribution is 2.45. The molecular formula is C24H24N2O. The van der Waals surface area contributed by atoms with E-state index in [2.05, 4.69) is 67.7 Å². The Labute approximate surface area is 160 Å². The summed E-state index contributed by atoms with van der Waals surface area (Å²) < 4.78 is 6.64. The molecule has 1 aliphatic rings. The summed E-state index contributed by atoms with van der Waals surface area (Å²) in [5, 5.41) is 3.35. The minimum absolute atomic E-state index is 0.0338. The predicted molar refractivity (Wildman–Crippen MR) is 111 cm³/mol. The molecule has 0 radical (unpaired) electrons. The lowest BCUT2D eigenvalue weighted by Crippen LogP contribution is -2.42. The molecule has 0 saturated carbocycles. The molecule has 1 N–H and O–H groups in total. The number of nitrogens with zero attached hydrogens (tertiary/aromatic N) is 1. The van der Waals surface area contributed by atoms with Crippen LogP contribution in [0.1, 0.15) is 25.0 Å². The van der Waals surface area contributed by atoms with Gasteiger partial charge in [-0.2, -0.15) is 0 Å². The largest absolute Gasteiger partial charge is 0.446 e. The lowest BCUT2D eigenvalue weighted by molar-refractivity contribution is 0.0808. The van der Waals surface area contributed by atoms with Crippen molar-refractivity contribution in [3.8, 4) is 0 Å². The van der Waals surface area contributed by atoms with Crippen molar-refractivity contribution in [1.82, 2.24) is 0 Å². The maximum absolute atomic E-state index is 6.64. The molecule has 1 atom stereocenters. The standard InChI is InChI=1S/C24H24N2O/c1-18(2)22-24(19-12-6-3-7-13-19,20-14-8-4-9-15-20)27-23(26-22)25-21-16-10-5-11-17-21/h3-18,22H,1-2H3,(H,25,26)/t22-/m0/s1. The van der Waals surface area contributed by atoms with Gasteiger partial charge in [0, 0.05) is 16.8 Å². The highest BCUT2D eigenvalue weighted by Gasteiger charge is 2.51. The summed E-state index contributed by atoms with van der Waals surface area (Å²) in [7, 11) is 0. The predicted octanol–water partition coefficient (Wildman–Crippen LogP) is 5.45. The summed E-state index contributed by atoms with van der Waals surface area (Å²) in [5.74, 6) is 0.306. The van der Waals surface area contributed by atoms with Crippen molar-refractivity contribution in [2.45, 2.75) is 25.5 Å². The van der Waals surface area contributed by atoms with Crippen LogP contribution in [-0.2, 0) is 10.3 Å². The number of ether oxygens (including phenoxy) is 1. The van der Waals surface area contributed by atoms with E-state index in [4.69, 9.17) is 9.73 Å². The van der Waals surface area contributed by atoms with Crippen molar-refractivity contribution in [3.63, 3.8) is 0 Å². The van der Waals surface area contributed by atoms with Crippen LogP contribution < -0.4 is 5.32 Å². The van der Waals surface area contributed by atoms with E-state index >= 15 is 0 Å². The second-order valence-electron chi connectivity index (χ2n) is 7.18. The number of para-hydroxylation sites is 1. The fraction of sp³-hybridized carbons (Fsp3) is 0.208. The zero-order chi connectivity index (χ0) is 18.7. The minimum Gasteiger partial charge on any atom is -0.446 e. The topological polar surface area (TPSA) is 33.6 Å². The van der Waals surface area contributed by atoms with Crippen molar-refractivity contribution in [1.29, 1.82) is 0 Å². The minimum atomic E-state index is -0.645. The molecule has 1 aliphatic heterocycles. The number of anilines is 1. The average Bonchev–Trinajstić information content (AvgIpc) is 3.11. The second kappa shape index (κ2) is 7.28. The van der Waals surface area contributed by atoms with Crippen LogP contribution in [0.2, 0.25) is 0 Å². The average molecular weight is 356 g/mol. The molecule has 0 amide bonds. The van der Waals surface area contributed by atoms with Crippen molar-refractivity contribution < 1.29 is 4.74 Å². The Morgan fingerprint density at radius 3 is 1.74 bits per heavy atom. The van der Waals surface area contributed by atoms with Gasteiger partial charge in [-0.3, -0.25) is 0 Å². The van der Waals surface area contributed by atoms with Crippen LogP contribution in [0, 0.1) is 5.92 Å². The number of benzene rings is 3. The zero-order valence-electron chi connectivity index (χ0n) is 15.7. The van der Waals surface area contributed by atoms with Crippen molar-refractivity contribution in [3.05, 3.63) is 102 Å². The van der Waals surface area contributed by atoms with Gasteiger partial charge in [0.2, 0.25) is 0 Å². The molecule has 3 aromatic rings. The summed E-state index contributed by atoms with van der Waals surface area (Å²) >= 11 is 0. The Balaban J connectivity index is 1.81.